The number of aliphatic hydroxyl groups is 1. The summed E-state index contributed by atoms with van der Waals surface area (Å²) in [5.74, 6) is 0.952. The molecule has 0 aromatic rings. The van der Waals surface area contributed by atoms with E-state index >= 15 is 0 Å². The summed E-state index contributed by atoms with van der Waals surface area (Å²) in [5, 5.41) is 11.5. The third-order valence-electron chi connectivity index (χ3n) is 11.3. The van der Waals surface area contributed by atoms with Crippen LogP contribution in [-0.4, -0.2) is 29.1 Å². The maximum absolute atomic E-state index is 12.3. The molecule has 1 N–H and O–H groups in total. The van der Waals surface area contributed by atoms with Gasteiger partial charge in [-0.25, -0.2) is 0 Å². The monoisotopic (exact) mass is 444 g/mol. The Labute approximate surface area is 194 Å². The molecule has 0 aromatic carbocycles. The number of ketones is 1. The van der Waals surface area contributed by atoms with Gasteiger partial charge in [0.25, 0.3) is 0 Å². The Kier molecular flexibility index (Phi) is 5.76. The molecule has 0 spiro atoms. The average Bonchev–Trinajstić information content (AvgIpc) is 2.70. The van der Waals surface area contributed by atoms with Crippen molar-refractivity contribution in [1.82, 2.24) is 0 Å². The van der Waals surface area contributed by atoms with Crippen LogP contribution in [0.4, 0.5) is 0 Å². The smallest absolute Gasteiger partial charge is 0.302 e. The van der Waals surface area contributed by atoms with Crippen LogP contribution in [0.15, 0.2) is 11.6 Å². The van der Waals surface area contributed by atoms with Crippen molar-refractivity contribution in [1.29, 1.82) is 0 Å². The lowest BCUT2D eigenvalue weighted by Gasteiger charge is -2.70. The van der Waals surface area contributed by atoms with Crippen molar-refractivity contribution in [2.45, 2.75) is 112 Å². The minimum absolute atomic E-state index is 0.0580. The summed E-state index contributed by atoms with van der Waals surface area (Å²) in [6.45, 7) is 14.9. The molecule has 0 bridgehead atoms. The van der Waals surface area contributed by atoms with E-state index in [9.17, 15) is 14.7 Å². The normalized spacial score (nSPS) is 50.4. The van der Waals surface area contributed by atoms with E-state index in [4.69, 9.17) is 4.74 Å². The summed E-state index contributed by atoms with van der Waals surface area (Å²) < 4.78 is 6.02. The van der Waals surface area contributed by atoms with Crippen LogP contribution in [0.25, 0.3) is 0 Å². The van der Waals surface area contributed by atoms with Crippen LogP contribution in [0.3, 0.4) is 0 Å². The van der Waals surface area contributed by atoms with Crippen molar-refractivity contribution < 1.29 is 19.4 Å². The summed E-state index contributed by atoms with van der Waals surface area (Å²) in [6, 6.07) is 0. The van der Waals surface area contributed by atoms with Crippen LogP contribution in [-0.2, 0) is 14.3 Å². The fourth-order valence-electron chi connectivity index (χ4n) is 9.57. The molecule has 0 unspecified atom stereocenters. The second-order valence-electron chi connectivity index (χ2n) is 12.6. The van der Waals surface area contributed by atoms with Crippen LogP contribution in [0.5, 0.6) is 0 Å². The number of Topliss-reactive ketones (excluding diaryl/α,β-unsaturated/α-hetero) is 1. The number of hydrogen-bond acceptors (Lipinski definition) is 4. The van der Waals surface area contributed by atoms with Gasteiger partial charge in [0.15, 0.2) is 5.78 Å². The van der Waals surface area contributed by atoms with E-state index in [1.165, 1.54) is 46.0 Å². The quantitative estimate of drug-likeness (QED) is 0.554. The maximum Gasteiger partial charge on any atom is 0.302 e. The van der Waals surface area contributed by atoms with E-state index in [-0.39, 0.29) is 34.6 Å². The molecule has 0 radical (unpaired) electrons. The summed E-state index contributed by atoms with van der Waals surface area (Å²) in [6.07, 6.45) is 9.71. The molecule has 4 rings (SSSR count). The Balaban J connectivity index is 1.83. The number of esters is 1. The first-order chi connectivity index (χ1) is 14.8. The molecule has 32 heavy (non-hydrogen) atoms. The number of carbonyl (C=O) groups is 2. The number of fused-ring (bicyclic) bond motifs is 5. The van der Waals surface area contributed by atoms with Crippen LogP contribution < -0.4 is 0 Å². The zero-order chi connectivity index (χ0) is 23.7. The Hall–Kier alpha value is -1.16. The van der Waals surface area contributed by atoms with E-state index in [1.54, 1.807) is 0 Å². The van der Waals surface area contributed by atoms with Gasteiger partial charge in [0.1, 0.15) is 6.10 Å². The lowest BCUT2D eigenvalue weighted by Crippen LogP contribution is -2.68. The Morgan fingerprint density at radius 1 is 1.03 bits per heavy atom. The molecule has 3 saturated carbocycles. The number of carbonyl (C=O) groups excluding carboxylic acids is 2. The predicted molar refractivity (Wildman–Crippen MR) is 126 cm³/mol. The number of rotatable bonds is 3. The molecule has 0 heterocycles. The van der Waals surface area contributed by atoms with Gasteiger partial charge in [-0.05, 0) is 79.4 Å². The van der Waals surface area contributed by atoms with Crippen LogP contribution in [0, 0.1) is 39.4 Å². The van der Waals surface area contributed by atoms with Gasteiger partial charge in [0.2, 0.25) is 0 Å². The van der Waals surface area contributed by atoms with E-state index in [0.29, 0.717) is 22.8 Å². The van der Waals surface area contributed by atoms with Gasteiger partial charge in [-0.2, -0.15) is 0 Å². The van der Waals surface area contributed by atoms with Gasteiger partial charge in [-0.3, -0.25) is 9.59 Å². The van der Waals surface area contributed by atoms with Crippen LogP contribution in [0.1, 0.15) is 99.8 Å². The SMILES string of the molecule is CC[C@@]1(C)CCC[C@]2(C)[C@H]3C[C@H](OC(C)=O)[C@]4(C)[C@@H](O)C(C(C)=O)=CC[C@H]4[C@]3(C)CC[C@@H]12. The molecule has 0 aliphatic heterocycles. The first-order valence-corrected chi connectivity index (χ1v) is 12.9. The molecule has 0 saturated heterocycles. The van der Waals surface area contributed by atoms with Crippen molar-refractivity contribution in [3.8, 4) is 0 Å². The van der Waals surface area contributed by atoms with E-state index < -0.39 is 11.5 Å². The minimum Gasteiger partial charge on any atom is -0.462 e. The van der Waals surface area contributed by atoms with Crippen molar-refractivity contribution in [3.05, 3.63) is 11.6 Å². The zero-order valence-electron chi connectivity index (χ0n) is 21.3. The highest BCUT2D eigenvalue weighted by Crippen LogP contribution is 2.73. The van der Waals surface area contributed by atoms with Crippen molar-refractivity contribution in [2.75, 3.05) is 0 Å². The number of hydrogen-bond donors (Lipinski definition) is 1. The standard InChI is InChI=1S/C28H44O4/c1-8-25(4)13-9-14-26(5)20(25)12-15-27(6)21-11-10-19(17(2)29)24(31)28(21,7)23(16-22(26)27)32-18(3)30/h10,20-24,31H,8-9,11-16H2,1-7H3/t20-,21-,22+,23-,24-,25-,26-,27-,28+/m0/s1. The fourth-order valence-corrected chi connectivity index (χ4v) is 9.57. The number of aliphatic hydroxyl groups excluding tert-OH is 1. The third-order valence-corrected chi connectivity index (χ3v) is 11.3. The summed E-state index contributed by atoms with van der Waals surface area (Å²) in [5.41, 5.74) is 0.505. The second-order valence-corrected chi connectivity index (χ2v) is 12.6. The molecule has 4 nitrogen and oxygen atoms in total. The molecule has 4 heteroatoms. The first-order valence-electron chi connectivity index (χ1n) is 12.9. The molecule has 4 aliphatic carbocycles. The van der Waals surface area contributed by atoms with Crippen molar-refractivity contribution in [2.24, 2.45) is 39.4 Å². The lowest BCUT2D eigenvalue weighted by molar-refractivity contribution is -0.248. The molecule has 3 fully saturated rings. The van der Waals surface area contributed by atoms with Crippen molar-refractivity contribution in [3.63, 3.8) is 0 Å². The average molecular weight is 445 g/mol. The van der Waals surface area contributed by atoms with Crippen LogP contribution >= 0.6 is 0 Å². The highest BCUT2D eigenvalue weighted by atomic mass is 16.5. The third kappa shape index (κ3) is 3.11. The number of ether oxygens (including phenoxy) is 1. The van der Waals surface area contributed by atoms with Gasteiger partial charge in [-0.1, -0.05) is 53.5 Å². The fraction of sp³-hybridized carbons (Fsp3) is 0.857. The lowest BCUT2D eigenvalue weighted by atomic mass is 9.35. The van der Waals surface area contributed by atoms with Gasteiger partial charge < -0.3 is 9.84 Å². The molecule has 9 atom stereocenters. The minimum atomic E-state index is -0.890. The van der Waals surface area contributed by atoms with Gasteiger partial charge >= 0.3 is 5.97 Å². The summed E-state index contributed by atoms with van der Waals surface area (Å²) >= 11 is 0. The molecular weight excluding hydrogens is 400 g/mol. The Morgan fingerprint density at radius 2 is 1.69 bits per heavy atom. The van der Waals surface area contributed by atoms with E-state index in [2.05, 4.69) is 34.6 Å². The highest BCUT2D eigenvalue weighted by molar-refractivity contribution is 5.94. The van der Waals surface area contributed by atoms with Crippen LogP contribution in [0.2, 0.25) is 0 Å². The Morgan fingerprint density at radius 3 is 2.28 bits per heavy atom. The highest BCUT2D eigenvalue weighted by Gasteiger charge is 2.69. The van der Waals surface area contributed by atoms with E-state index in [1.807, 2.05) is 6.08 Å². The maximum atomic E-state index is 12.3. The molecule has 180 valence electrons. The van der Waals surface area contributed by atoms with Gasteiger partial charge in [-0.15, -0.1) is 0 Å². The van der Waals surface area contributed by atoms with Crippen molar-refractivity contribution >= 4 is 11.8 Å². The topological polar surface area (TPSA) is 63.6 Å². The zero-order valence-corrected chi connectivity index (χ0v) is 21.3. The first kappa shape index (κ1) is 24.0. The second kappa shape index (κ2) is 7.68. The molecule has 0 amide bonds. The molecular formula is C28H44O4. The van der Waals surface area contributed by atoms with E-state index in [0.717, 1.165) is 19.3 Å². The molecule has 4 aliphatic rings. The molecule has 0 aromatic heterocycles. The largest absolute Gasteiger partial charge is 0.462 e. The van der Waals surface area contributed by atoms with Gasteiger partial charge in [0, 0.05) is 17.9 Å². The number of allylic oxidation sites excluding steroid dienone is 1. The van der Waals surface area contributed by atoms with Gasteiger partial charge in [0.05, 0.1) is 6.10 Å². The summed E-state index contributed by atoms with van der Waals surface area (Å²) in [7, 11) is 0. The Bertz CT molecular complexity index is 831. The summed E-state index contributed by atoms with van der Waals surface area (Å²) in [4.78, 5) is 24.5. The predicted octanol–water partition coefficient (Wildman–Crippen LogP) is 5.86.